The van der Waals surface area contributed by atoms with Gasteiger partial charge in [0, 0.05) is 7.05 Å². The first-order valence-corrected chi connectivity index (χ1v) is 5.62. The molecule has 0 saturated heterocycles. The van der Waals surface area contributed by atoms with Gasteiger partial charge in [-0.2, -0.15) is 5.10 Å². The minimum absolute atomic E-state index is 0.157. The third kappa shape index (κ3) is 1.95. The van der Waals surface area contributed by atoms with Gasteiger partial charge in [-0.25, -0.2) is 14.6 Å². The minimum Gasteiger partial charge on any atom is -0.372 e. The van der Waals surface area contributed by atoms with Gasteiger partial charge in [-0.1, -0.05) is 12.1 Å². The molecular weight excluding hydrogens is 248 g/mol. The second-order valence-corrected chi connectivity index (χ2v) is 4.09. The summed E-state index contributed by atoms with van der Waals surface area (Å²) in [4.78, 5) is 27.4. The number of aromatic nitrogens is 4. The van der Waals surface area contributed by atoms with Crippen LogP contribution in [0.25, 0.3) is 10.9 Å². The standard InChI is InChI=1S/C12H10N4O3/c1-15-7-13-10(14-15)6-16-9-5-3-2-4-8(9)11(17)19-12(16)18/h2-5,7H,6H2,1H3. The van der Waals surface area contributed by atoms with E-state index in [1.807, 2.05) is 0 Å². The van der Waals surface area contributed by atoms with Crippen LogP contribution in [0.3, 0.4) is 0 Å². The lowest BCUT2D eigenvalue weighted by atomic mass is 10.2. The predicted molar refractivity (Wildman–Crippen MR) is 66.8 cm³/mol. The highest BCUT2D eigenvalue weighted by Gasteiger charge is 2.10. The zero-order valence-corrected chi connectivity index (χ0v) is 10.1. The largest absolute Gasteiger partial charge is 0.422 e. The van der Waals surface area contributed by atoms with Gasteiger partial charge < -0.3 is 4.42 Å². The summed E-state index contributed by atoms with van der Waals surface area (Å²) in [6.45, 7) is 0.157. The van der Waals surface area contributed by atoms with Crippen LogP contribution in [0.2, 0.25) is 0 Å². The number of benzene rings is 1. The molecule has 0 amide bonds. The lowest BCUT2D eigenvalue weighted by Gasteiger charge is -2.05. The number of hydrogen-bond acceptors (Lipinski definition) is 5. The van der Waals surface area contributed by atoms with Crippen molar-refractivity contribution in [2.45, 2.75) is 6.54 Å². The monoisotopic (exact) mass is 258 g/mol. The lowest BCUT2D eigenvalue weighted by molar-refractivity contribution is 0.422. The van der Waals surface area contributed by atoms with Crippen molar-refractivity contribution in [1.82, 2.24) is 19.3 Å². The topological polar surface area (TPSA) is 82.9 Å². The molecular formula is C12H10N4O3. The quantitative estimate of drug-likeness (QED) is 0.652. The number of nitrogens with zero attached hydrogens (tertiary/aromatic N) is 4. The maximum absolute atomic E-state index is 11.8. The fourth-order valence-corrected chi connectivity index (χ4v) is 1.92. The molecule has 1 aromatic carbocycles. The fourth-order valence-electron chi connectivity index (χ4n) is 1.92. The SMILES string of the molecule is Cn1cnc(Cn2c(=O)oc(=O)c3ccccc32)n1. The molecule has 3 aromatic rings. The van der Waals surface area contributed by atoms with Crippen molar-refractivity contribution >= 4 is 10.9 Å². The van der Waals surface area contributed by atoms with Crippen LogP contribution in [0.4, 0.5) is 0 Å². The molecule has 0 saturated carbocycles. The van der Waals surface area contributed by atoms with Gasteiger partial charge in [-0.3, -0.25) is 9.25 Å². The molecule has 0 aliphatic heterocycles. The van der Waals surface area contributed by atoms with Crippen molar-refractivity contribution in [3.8, 4) is 0 Å². The Hall–Kier alpha value is -2.70. The second-order valence-electron chi connectivity index (χ2n) is 4.09. The molecule has 96 valence electrons. The first-order valence-electron chi connectivity index (χ1n) is 5.62. The smallest absolute Gasteiger partial charge is 0.372 e. The highest BCUT2D eigenvalue weighted by atomic mass is 16.4. The highest BCUT2D eigenvalue weighted by molar-refractivity contribution is 5.77. The van der Waals surface area contributed by atoms with Crippen LogP contribution in [0.5, 0.6) is 0 Å². The Labute approximate surface area is 106 Å². The van der Waals surface area contributed by atoms with Crippen LogP contribution in [-0.4, -0.2) is 19.3 Å². The van der Waals surface area contributed by atoms with Gasteiger partial charge in [0.2, 0.25) is 0 Å². The predicted octanol–water partition coefficient (Wildman–Crippen LogP) is 0.131. The molecule has 0 aliphatic rings. The number of hydrogen-bond donors (Lipinski definition) is 0. The molecule has 0 spiro atoms. The maximum Gasteiger partial charge on any atom is 0.422 e. The van der Waals surface area contributed by atoms with E-state index in [1.165, 1.54) is 4.57 Å². The van der Waals surface area contributed by atoms with Crippen molar-refractivity contribution in [3.05, 3.63) is 57.4 Å². The molecule has 3 rings (SSSR count). The zero-order chi connectivity index (χ0) is 13.4. The summed E-state index contributed by atoms with van der Waals surface area (Å²) in [7, 11) is 1.74. The van der Waals surface area contributed by atoms with Gasteiger partial charge in [0.15, 0.2) is 5.82 Å². The summed E-state index contributed by atoms with van der Waals surface area (Å²) in [5, 5.41) is 4.46. The van der Waals surface area contributed by atoms with Crippen LogP contribution < -0.4 is 11.4 Å². The summed E-state index contributed by atoms with van der Waals surface area (Å²) in [6.07, 6.45) is 1.54. The Morgan fingerprint density at radius 3 is 2.79 bits per heavy atom. The summed E-state index contributed by atoms with van der Waals surface area (Å²) in [5.74, 6) is -0.236. The number of fused-ring (bicyclic) bond motifs is 1. The van der Waals surface area contributed by atoms with E-state index in [0.29, 0.717) is 16.7 Å². The van der Waals surface area contributed by atoms with E-state index in [9.17, 15) is 9.59 Å². The molecule has 7 nitrogen and oxygen atoms in total. The van der Waals surface area contributed by atoms with Crippen molar-refractivity contribution in [2.24, 2.45) is 7.05 Å². The first-order chi connectivity index (χ1) is 9.15. The van der Waals surface area contributed by atoms with E-state index < -0.39 is 11.4 Å². The van der Waals surface area contributed by atoms with E-state index in [-0.39, 0.29) is 6.54 Å². The number of para-hydroxylation sites is 1. The van der Waals surface area contributed by atoms with E-state index >= 15 is 0 Å². The molecule has 2 heterocycles. The van der Waals surface area contributed by atoms with E-state index in [4.69, 9.17) is 4.42 Å². The summed E-state index contributed by atoms with van der Waals surface area (Å²) < 4.78 is 7.57. The van der Waals surface area contributed by atoms with E-state index in [2.05, 4.69) is 10.1 Å². The van der Waals surface area contributed by atoms with Crippen molar-refractivity contribution in [2.75, 3.05) is 0 Å². The Kier molecular flexibility index (Phi) is 2.52. The van der Waals surface area contributed by atoms with Crippen molar-refractivity contribution in [3.63, 3.8) is 0 Å². The second kappa shape index (κ2) is 4.20. The normalized spacial score (nSPS) is 11.0. The van der Waals surface area contributed by atoms with Crippen LogP contribution >= 0.6 is 0 Å². The van der Waals surface area contributed by atoms with Gasteiger partial charge >= 0.3 is 11.4 Å². The molecule has 7 heteroatoms. The summed E-state index contributed by atoms with van der Waals surface area (Å²) >= 11 is 0. The molecule has 0 fully saturated rings. The van der Waals surface area contributed by atoms with Crippen molar-refractivity contribution < 1.29 is 4.42 Å². The molecule has 0 bridgehead atoms. The molecule has 0 unspecified atom stereocenters. The Morgan fingerprint density at radius 2 is 2.05 bits per heavy atom. The Balaban J connectivity index is 2.23. The number of rotatable bonds is 2. The molecule has 19 heavy (non-hydrogen) atoms. The van der Waals surface area contributed by atoms with Gasteiger partial charge in [0.25, 0.3) is 0 Å². The van der Waals surface area contributed by atoms with Gasteiger partial charge in [0.1, 0.15) is 6.33 Å². The third-order valence-electron chi connectivity index (χ3n) is 2.76. The van der Waals surface area contributed by atoms with Crippen LogP contribution in [0.1, 0.15) is 5.82 Å². The molecule has 0 atom stereocenters. The molecule has 0 N–H and O–H groups in total. The van der Waals surface area contributed by atoms with Gasteiger partial charge in [-0.15, -0.1) is 0 Å². The average molecular weight is 258 g/mol. The summed E-state index contributed by atoms with van der Waals surface area (Å²) in [6, 6.07) is 6.77. The van der Waals surface area contributed by atoms with Gasteiger partial charge in [0.05, 0.1) is 17.4 Å². The maximum atomic E-state index is 11.8. The van der Waals surface area contributed by atoms with E-state index in [0.717, 1.165) is 0 Å². The van der Waals surface area contributed by atoms with Crippen LogP contribution in [-0.2, 0) is 13.6 Å². The Morgan fingerprint density at radius 1 is 1.26 bits per heavy atom. The van der Waals surface area contributed by atoms with Crippen LogP contribution in [0.15, 0.2) is 44.6 Å². The number of aryl methyl sites for hydroxylation is 1. The lowest BCUT2D eigenvalue weighted by Crippen LogP contribution is -2.25. The van der Waals surface area contributed by atoms with Crippen molar-refractivity contribution in [1.29, 1.82) is 0 Å². The van der Waals surface area contributed by atoms with E-state index in [1.54, 1.807) is 42.3 Å². The summed E-state index contributed by atoms with van der Waals surface area (Å²) in [5.41, 5.74) is -0.123. The zero-order valence-electron chi connectivity index (χ0n) is 10.1. The third-order valence-corrected chi connectivity index (χ3v) is 2.76. The Bertz CT molecular complexity index is 859. The average Bonchev–Trinajstić information content (AvgIpc) is 2.80. The highest BCUT2D eigenvalue weighted by Crippen LogP contribution is 2.08. The van der Waals surface area contributed by atoms with Gasteiger partial charge in [-0.05, 0) is 12.1 Å². The molecule has 0 aliphatic carbocycles. The van der Waals surface area contributed by atoms with Crippen LogP contribution in [0, 0.1) is 0 Å². The molecule has 0 radical (unpaired) electrons. The fraction of sp³-hybridized carbons (Fsp3) is 0.167. The molecule has 2 aromatic heterocycles. The first kappa shape index (κ1) is 11.4. The minimum atomic E-state index is -0.712.